The van der Waals surface area contributed by atoms with Crippen LogP contribution in [-0.2, 0) is 4.79 Å². The number of carbonyl (C=O) groups is 2. The number of likely N-dealkylation sites (tertiary alicyclic amines) is 1. The molecule has 5 rings (SSSR count). The Hall–Kier alpha value is -3.57. The van der Waals surface area contributed by atoms with Crippen LogP contribution in [0.4, 0.5) is 5.69 Å². The van der Waals surface area contributed by atoms with E-state index in [0.717, 1.165) is 29.9 Å². The van der Waals surface area contributed by atoms with Crippen molar-refractivity contribution in [3.8, 4) is 0 Å². The number of aldehydes is 1. The molecule has 4 nitrogen and oxygen atoms in total. The molecule has 5 heteroatoms. The molecule has 0 saturated carbocycles. The highest BCUT2D eigenvalue weighted by molar-refractivity contribution is 7.99. The Labute approximate surface area is 205 Å². The number of rotatable bonds is 5. The molecule has 0 aromatic heterocycles. The van der Waals surface area contributed by atoms with Gasteiger partial charge in [-0.1, -0.05) is 78.5 Å². The van der Waals surface area contributed by atoms with Gasteiger partial charge in [0.1, 0.15) is 6.29 Å². The minimum atomic E-state index is -0.258. The van der Waals surface area contributed by atoms with Gasteiger partial charge in [0, 0.05) is 34.6 Å². The van der Waals surface area contributed by atoms with E-state index in [-0.39, 0.29) is 11.9 Å². The number of fused-ring (bicyclic) bond motifs is 1. The predicted molar refractivity (Wildman–Crippen MR) is 141 cm³/mol. The van der Waals surface area contributed by atoms with Gasteiger partial charge in [0.05, 0.1) is 6.04 Å². The van der Waals surface area contributed by atoms with Gasteiger partial charge >= 0.3 is 0 Å². The maximum Gasteiger partial charge on any atom is 0.255 e. The van der Waals surface area contributed by atoms with Crippen molar-refractivity contribution in [1.29, 1.82) is 0 Å². The van der Waals surface area contributed by atoms with E-state index < -0.39 is 0 Å². The first-order valence-electron chi connectivity index (χ1n) is 11.4. The van der Waals surface area contributed by atoms with Gasteiger partial charge in [-0.2, -0.15) is 0 Å². The van der Waals surface area contributed by atoms with Gasteiger partial charge in [0.15, 0.2) is 0 Å². The van der Waals surface area contributed by atoms with Crippen molar-refractivity contribution in [2.75, 3.05) is 18.9 Å². The van der Waals surface area contributed by atoms with Crippen molar-refractivity contribution in [2.24, 2.45) is 0 Å². The smallest absolute Gasteiger partial charge is 0.255 e. The van der Waals surface area contributed by atoms with E-state index in [1.807, 2.05) is 61.6 Å². The lowest BCUT2D eigenvalue weighted by Crippen LogP contribution is -2.36. The first-order chi connectivity index (χ1) is 16.7. The molecule has 1 amide bonds. The molecule has 4 aromatic carbocycles. The number of carbonyl (C=O) groups excluding carboxylic acids is 2. The fourth-order valence-corrected chi connectivity index (χ4v) is 5.10. The second kappa shape index (κ2) is 11.5. The van der Waals surface area contributed by atoms with E-state index in [0.29, 0.717) is 12.1 Å². The molecule has 1 aliphatic rings. The van der Waals surface area contributed by atoms with Crippen molar-refractivity contribution in [3.05, 3.63) is 103 Å². The third-order valence-electron chi connectivity index (χ3n) is 5.86. The Kier molecular flexibility index (Phi) is 7.99. The predicted octanol–water partition coefficient (Wildman–Crippen LogP) is 6.52. The van der Waals surface area contributed by atoms with Crippen LogP contribution < -0.4 is 5.32 Å². The zero-order valence-corrected chi connectivity index (χ0v) is 20.0. The molecule has 1 aliphatic heterocycles. The Morgan fingerprint density at radius 3 is 2.41 bits per heavy atom. The summed E-state index contributed by atoms with van der Waals surface area (Å²) >= 11 is 1.78. The topological polar surface area (TPSA) is 49.4 Å². The van der Waals surface area contributed by atoms with Gasteiger partial charge in [0.25, 0.3) is 5.91 Å². The summed E-state index contributed by atoms with van der Waals surface area (Å²) in [5.41, 5.74) is 1.86. The Balaban J connectivity index is 0.000000166. The summed E-state index contributed by atoms with van der Waals surface area (Å²) in [6.45, 7) is 0.672. The molecule has 1 fully saturated rings. The SMILES string of the molecule is CNc1ccccc1Sc1ccccc1.O=CC1CCCN1C(=O)c1cccc2ccccc12. The lowest BCUT2D eigenvalue weighted by molar-refractivity contribution is -0.111. The highest BCUT2D eigenvalue weighted by Gasteiger charge is 2.29. The molecule has 1 saturated heterocycles. The molecule has 1 atom stereocenters. The number of anilines is 1. The normalized spacial score (nSPS) is 14.9. The number of benzene rings is 4. The third kappa shape index (κ3) is 5.49. The second-order valence-corrected chi connectivity index (χ2v) is 9.15. The van der Waals surface area contributed by atoms with E-state index in [4.69, 9.17) is 0 Å². The van der Waals surface area contributed by atoms with Crippen LogP contribution in [-0.4, -0.2) is 36.7 Å². The van der Waals surface area contributed by atoms with E-state index in [1.54, 1.807) is 16.7 Å². The Bertz CT molecular complexity index is 1250. The third-order valence-corrected chi connectivity index (χ3v) is 6.95. The zero-order chi connectivity index (χ0) is 23.8. The minimum Gasteiger partial charge on any atom is -0.387 e. The fourth-order valence-electron chi connectivity index (χ4n) is 4.13. The van der Waals surface area contributed by atoms with Gasteiger partial charge in [0.2, 0.25) is 0 Å². The molecule has 0 spiro atoms. The van der Waals surface area contributed by atoms with Crippen LogP contribution in [0.2, 0.25) is 0 Å². The van der Waals surface area contributed by atoms with Crippen LogP contribution in [0.1, 0.15) is 23.2 Å². The summed E-state index contributed by atoms with van der Waals surface area (Å²) in [5, 5.41) is 5.20. The van der Waals surface area contributed by atoms with Crippen molar-refractivity contribution in [2.45, 2.75) is 28.7 Å². The fraction of sp³-hybridized carbons (Fsp3) is 0.172. The van der Waals surface area contributed by atoms with Crippen LogP contribution >= 0.6 is 11.8 Å². The van der Waals surface area contributed by atoms with E-state index in [1.165, 1.54) is 15.5 Å². The van der Waals surface area contributed by atoms with Crippen LogP contribution in [0.5, 0.6) is 0 Å². The van der Waals surface area contributed by atoms with Crippen LogP contribution in [0.25, 0.3) is 10.8 Å². The minimum absolute atomic E-state index is 0.0357. The van der Waals surface area contributed by atoms with Crippen LogP contribution in [0.3, 0.4) is 0 Å². The lowest BCUT2D eigenvalue weighted by atomic mass is 10.0. The summed E-state index contributed by atoms with van der Waals surface area (Å²) in [5.74, 6) is -0.0357. The van der Waals surface area contributed by atoms with E-state index in [2.05, 4.69) is 47.8 Å². The number of para-hydroxylation sites is 1. The molecular formula is C29H28N2O2S. The lowest BCUT2D eigenvalue weighted by Gasteiger charge is -2.21. The van der Waals surface area contributed by atoms with Crippen molar-refractivity contribution >= 4 is 40.4 Å². The maximum absolute atomic E-state index is 12.6. The van der Waals surface area contributed by atoms with E-state index in [9.17, 15) is 9.59 Å². The molecule has 1 N–H and O–H groups in total. The molecule has 0 bridgehead atoms. The average molecular weight is 469 g/mol. The number of hydrogen-bond acceptors (Lipinski definition) is 4. The van der Waals surface area contributed by atoms with Gasteiger partial charge < -0.3 is 15.0 Å². The molecule has 34 heavy (non-hydrogen) atoms. The highest BCUT2D eigenvalue weighted by Crippen LogP contribution is 2.32. The number of nitrogens with one attached hydrogen (secondary N) is 1. The van der Waals surface area contributed by atoms with Gasteiger partial charge in [-0.05, 0) is 53.9 Å². The molecule has 1 heterocycles. The first kappa shape index (κ1) is 23.6. The molecule has 0 aliphatic carbocycles. The van der Waals surface area contributed by atoms with Gasteiger partial charge in [-0.3, -0.25) is 4.79 Å². The molecule has 4 aromatic rings. The largest absolute Gasteiger partial charge is 0.387 e. The highest BCUT2D eigenvalue weighted by atomic mass is 32.2. The average Bonchev–Trinajstić information content (AvgIpc) is 3.38. The van der Waals surface area contributed by atoms with Gasteiger partial charge in [-0.25, -0.2) is 0 Å². The number of nitrogens with zero attached hydrogens (tertiary/aromatic N) is 1. The number of amides is 1. The maximum atomic E-state index is 12.6. The molecular weight excluding hydrogens is 440 g/mol. The Morgan fingerprint density at radius 2 is 1.62 bits per heavy atom. The van der Waals surface area contributed by atoms with Crippen LogP contribution in [0.15, 0.2) is 107 Å². The summed E-state index contributed by atoms with van der Waals surface area (Å²) in [6.07, 6.45) is 2.57. The first-order valence-corrected chi connectivity index (χ1v) is 12.3. The standard InChI is InChI=1S/C16H15NO2.C13H13NS/c18-11-13-7-4-10-17(13)16(19)15-9-3-6-12-5-1-2-8-14(12)15;1-14-12-9-5-6-10-13(12)15-11-7-3-2-4-8-11/h1-3,5-6,8-9,11,13H,4,7,10H2;2-10,14H,1H3. The number of hydrogen-bond donors (Lipinski definition) is 1. The van der Waals surface area contributed by atoms with Gasteiger partial charge in [-0.15, -0.1) is 0 Å². The zero-order valence-electron chi connectivity index (χ0n) is 19.2. The van der Waals surface area contributed by atoms with Crippen molar-refractivity contribution < 1.29 is 9.59 Å². The van der Waals surface area contributed by atoms with Crippen molar-refractivity contribution in [3.63, 3.8) is 0 Å². The molecule has 1 unspecified atom stereocenters. The summed E-state index contributed by atoms with van der Waals surface area (Å²) in [7, 11) is 1.95. The van der Waals surface area contributed by atoms with Crippen molar-refractivity contribution in [1.82, 2.24) is 4.90 Å². The summed E-state index contributed by atoms with van der Waals surface area (Å²) < 4.78 is 0. The van der Waals surface area contributed by atoms with E-state index >= 15 is 0 Å². The Morgan fingerprint density at radius 1 is 0.912 bits per heavy atom. The quantitative estimate of drug-likeness (QED) is 0.339. The molecule has 0 radical (unpaired) electrons. The second-order valence-electron chi connectivity index (χ2n) is 8.03. The molecule has 172 valence electrons. The summed E-state index contributed by atoms with van der Waals surface area (Å²) in [6, 6.07) is 32.0. The summed E-state index contributed by atoms with van der Waals surface area (Å²) in [4.78, 5) is 27.8. The monoisotopic (exact) mass is 468 g/mol. The van der Waals surface area contributed by atoms with Crippen LogP contribution in [0, 0.1) is 0 Å².